The van der Waals surface area contributed by atoms with Crippen LogP contribution in [0.4, 0.5) is 0 Å². The largest absolute Gasteiger partial charge is 0.493 e. The summed E-state index contributed by atoms with van der Waals surface area (Å²) < 4.78 is 21.1. The minimum atomic E-state index is -0.313. The average Bonchev–Trinajstić information content (AvgIpc) is 2.61. The Labute approximate surface area is 142 Å². The molecule has 0 saturated carbocycles. The van der Waals surface area contributed by atoms with Crippen LogP contribution in [0.2, 0.25) is 0 Å². The summed E-state index contributed by atoms with van der Waals surface area (Å²) in [6, 6.07) is 11.0. The Kier molecular flexibility index (Phi) is 6.07. The lowest BCUT2D eigenvalue weighted by Gasteiger charge is -2.11. The fourth-order valence-electron chi connectivity index (χ4n) is 2.32. The van der Waals surface area contributed by atoms with Crippen LogP contribution >= 0.6 is 0 Å². The Balaban J connectivity index is 1.99. The summed E-state index contributed by atoms with van der Waals surface area (Å²) in [5, 5.41) is 0. The zero-order valence-electron chi connectivity index (χ0n) is 14.4. The monoisotopic (exact) mass is 330 g/mol. The highest BCUT2D eigenvalue weighted by Crippen LogP contribution is 2.29. The zero-order valence-corrected chi connectivity index (χ0v) is 14.4. The third-order valence-electron chi connectivity index (χ3n) is 3.61. The summed E-state index contributed by atoms with van der Waals surface area (Å²) >= 11 is 0. The van der Waals surface area contributed by atoms with Crippen LogP contribution in [0.5, 0.6) is 23.0 Å². The van der Waals surface area contributed by atoms with Crippen LogP contribution in [0, 0.1) is 6.92 Å². The molecule has 0 unspecified atom stereocenters. The Hall–Kier alpha value is -2.69. The van der Waals surface area contributed by atoms with Crippen molar-refractivity contribution in [2.75, 3.05) is 21.3 Å². The molecule has 2 aromatic carbocycles. The maximum atomic E-state index is 12.1. The van der Waals surface area contributed by atoms with E-state index < -0.39 is 0 Å². The van der Waals surface area contributed by atoms with Crippen molar-refractivity contribution in [2.24, 2.45) is 0 Å². The van der Waals surface area contributed by atoms with Gasteiger partial charge >= 0.3 is 5.97 Å². The number of hydrogen-bond acceptors (Lipinski definition) is 5. The molecule has 5 nitrogen and oxygen atoms in total. The maximum absolute atomic E-state index is 12.1. The van der Waals surface area contributed by atoms with E-state index in [1.807, 2.05) is 37.3 Å². The molecule has 5 heteroatoms. The number of ether oxygens (including phenoxy) is 4. The molecule has 0 atom stereocenters. The van der Waals surface area contributed by atoms with E-state index in [1.54, 1.807) is 27.4 Å². The zero-order chi connectivity index (χ0) is 17.5. The number of hydrogen-bond donors (Lipinski definition) is 0. The Bertz CT molecular complexity index is 709. The van der Waals surface area contributed by atoms with Gasteiger partial charge in [0.15, 0.2) is 23.0 Å². The number of carbonyl (C=O) groups is 1. The van der Waals surface area contributed by atoms with Gasteiger partial charge in [0.1, 0.15) is 0 Å². The molecule has 0 aromatic heterocycles. The van der Waals surface area contributed by atoms with Crippen molar-refractivity contribution < 1.29 is 23.7 Å². The average molecular weight is 330 g/mol. The lowest BCUT2D eigenvalue weighted by molar-refractivity contribution is -0.134. The number of carbonyl (C=O) groups excluding carboxylic acids is 1. The smallest absolute Gasteiger partial charge is 0.311 e. The maximum Gasteiger partial charge on any atom is 0.311 e. The van der Waals surface area contributed by atoms with Crippen molar-refractivity contribution in [3.63, 3.8) is 0 Å². The van der Waals surface area contributed by atoms with Gasteiger partial charge in [-0.25, -0.2) is 0 Å². The van der Waals surface area contributed by atoms with E-state index >= 15 is 0 Å². The minimum absolute atomic E-state index is 0.256. The van der Waals surface area contributed by atoms with Crippen LogP contribution in [0.15, 0.2) is 36.4 Å². The summed E-state index contributed by atoms with van der Waals surface area (Å²) in [5.41, 5.74) is 2.01. The van der Waals surface area contributed by atoms with E-state index in [1.165, 1.54) is 0 Å². The van der Waals surface area contributed by atoms with Crippen LogP contribution in [0.25, 0.3) is 0 Å². The topological polar surface area (TPSA) is 54.0 Å². The van der Waals surface area contributed by atoms with Crippen LogP contribution < -0.4 is 18.9 Å². The SMILES string of the molecule is COc1ccc(CCC(=O)Oc2ccc(C)cc2OC)cc1OC. The number of methoxy groups -OCH3 is 3. The summed E-state index contributed by atoms with van der Waals surface area (Å²) in [7, 11) is 4.72. The van der Waals surface area contributed by atoms with Gasteiger partial charge in [-0.05, 0) is 48.7 Å². The van der Waals surface area contributed by atoms with E-state index in [9.17, 15) is 4.79 Å². The molecule has 0 radical (unpaired) electrons. The van der Waals surface area contributed by atoms with Gasteiger partial charge in [-0.15, -0.1) is 0 Å². The number of benzene rings is 2. The van der Waals surface area contributed by atoms with E-state index in [0.29, 0.717) is 29.4 Å². The normalized spacial score (nSPS) is 10.2. The molecule has 0 bridgehead atoms. The molecule has 0 aliphatic rings. The second-order valence-electron chi connectivity index (χ2n) is 5.32. The van der Waals surface area contributed by atoms with Crippen molar-refractivity contribution in [3.05, 3.63) is 47.5 Å². The second-order valence-corrected chi connectivity index (χ2v) is 5.32. The summed E-state index contributed by atoms with van der Waals surface area (Å²) in [6.45, 7) is 1.95. The van der Waals surface area contributed by atoms with Gasteiger partial charge in [-0.1, -0.05) is 12.1 Å². The highest BCUT2D eigenvalue weighted by atomic mass is 16.6. The molecular formula is C19H22O5. The molecule has 0 aliphatic carbocycles. The van der Waals surface area contributed by atoms with Crippen LogP contribution in [0.3, 0.4) is 0 Å². The number of rotatable bonds is 7. The Morgan fingerprint density at radius 2 is 1.46 bits per heavy atom. The molecule has 0 aliphatic heterocycles. The molecule has 0 heterocycles. The second kappa shape index (κ2) is 8.24. The van der Waals surface area contributed by atoms with Gasteiger partial charge in [0.05, 0.1) is 21.3 Å². The Morgan fingerprint density at radius 1 is 0.833 bits per heavy atom. The first-order chi connectivity index (χ1) is 11.6. The molecule has 2 aromatic rings. The fraction of sp³-hybridized carbons (Fsp3) is 0.316. The minimum Gasteiger partial charge on any atom is -0.493 e. The predicted octanol–water partition coefficient (Wildman–Crippen LogP) is 3.56. The van der Waals surface area contributed by atoms with Gasteiger partial charge in [0.2, 0.25) is 0 Å². The first-order valence-electron chi connectivity index (χ1n) is 7.63. The fourth-order valence-corrected chi connectivity index (χ4v) is 2.32. The third kappa shape index (κ3) is 4.41. The van der Waals surface area contributed by atoms with Crippen LogP contribution in [0.1, 0.15) is 17.5 Å². The predicted molar refractivity (Wildman–Crippen MR) is 91.2 cm³/mol. The molecule has 0 N–H and O–H groups in total. The third-order valence-corrected chi connectivity index (χ3v) is 3.61. The summed E-state index contributed by atoms with van der Waals surface area (Å²) in [6.07, 6.45) is 0.805. The molecule has 24 heavy (non-hydrogen) atoms. The van der Waals surface area contributed by atoms with Gasteiger partial charge in [0.25, 0.3) is 0 Å². The van der Waals surface area contributed by atoms with Gasteiger partial charge in [-0.2, -0.15) is 0 Å². The molecule has 2 rings (SSSR count). The van der Waals surface area contributed by atoms with Crippen molar-refractivity contribution in [3.8, 4) is 23.0 Å². The highest BCUT2D eigenvalue weighted by molar-refractivity contribution is 5.73. The van der Waals surface area contributed by atoms with Crippen LogP contribution in [-0.4, -0.2) is 27.3 Å². The summed E-state index contributed by atoms with van der Waals surface area (Å²) in [5.74, 6) is 1.97. The van der Waals surface area contributed by atoms with Crippen molar-refractivity contribution in [1.29, 1.82) is 0 Å². The lowest BCUT2D eigenvalue weighted by atomic mass is 10.1. The number of aryl methyl sites for hydroxylation is 2. The van der Waals surface area contributed by atoms with Crippen molar-refractivity contribution in [1.82, 2.24) is 0 Å². The Morgan fingerprint density at radius 3 is 2.12 bits per heavy atom. The molecule has 0 saturated heterocycles. The molecule has 0 fully saturated rings. The van der Waals surface area contributed by atoms with E-state index in [0.717, 1.165) is 11.1 Å². The number of esters is 1. The first kappa shape index (κ1) is 17.7. The molecular weight excluding hydrogens is 308 g/mol. The van der Waals surface area contributed by atoms with Crippen LogP contribution in [-0.2, 0) is 11.2 Å². The van der Waals surface area contributed by atoms with Crippen molar-refractivity contribution >= 4 is 5.97 Å². The summed E-state index contributed by atoms with van der Waals surface area (Å²) in [4.78, 5) is 12.1. The van der Waals surface area contributed by atoms with E-state index in [4.69, 9.17) is 18.9 Å². The van der Waals surface area contributed by atoms with Gasteiger partial charge < -0.3 is 18.9 Å². The van der Waals surface area contributed by atoms with Gasteiger partial charge in [0, 0.05) is 6.42 Å². The van der Waals surface area contributed by atoms with E-state index in [-0.39, 0.29) is 12.4 Å². The molecule has 0 amide bonds. The van der Waals surface area contributed by atoms with E-state index in [2.05, 4.69) is 0 Å². The quantitative estimate of drug-likeness (QED) is 0.574. The lowest BCUT2D eigenvalue weighted by Crippen LogP contribution is -2.10. The molecule has 128 valence electrons. The van der Waals surface area contributed by atoms with Gasteiger partial charge in [-0.3, -0.25) is 4.79 Å². The first-order valence-corrected chi connectivity index (χ1v) is 7.63. The highest BCUT2D eigenvalue weighted by Gasteiger charge is 2.11. The standard InChI is InChI=1S/C19H22O5/c1-13-5-8-16(17(11-13)22-3)24-19(20)10-7-14-6-9-15(21-2)18(12-14)23-4/h5-6,8-9,11-12H,7,10H2,1-4H3. The molecule has 0 spiro atoms. The van der Waals surface area contributed by atoms with Crippen molar-refractivity contribution in [2.45, 2.75) is 19.8 Å².